The molecular formula is C20H42N2O5. The molecule has 0 radical (unpaired) electrons. The summed E-state index contributed by atoms with van der Waals surface area (Å²) in [6, 6.07) is 0. The molecule has 7 nitrogen and oxygen atoms in total. The van der Waals surface area contributed by atoms with E-state index >= 15 is 0 Å². The van der Waals surface area contributed by atoms with Gasteiger partial charge in [-0.25, -0.2) is 0 Å². The second-order valence-corrected chi connectivity index (χ2v) is 8.95. The average molecular weight is 391 g/mol. The Hall–Kier alpha value is -0.730. The summed E-state index contributed by atoms with van der Waals surface area (Å²) in [5.74, 6) is -0.489. The van der Waals surface area contributed by atoms with E-state index in [4.69, 9.17) is 14.2 Å². The molecule has 0 heterocycles. The number of rotatable bonds is 15. The Morgan fingerprint density at radius 3 is 1.78 bits per heavy atom. The van der Waals surface area contributed by atoms with Gasteiger partial charge in [0.2, 0.25) is 5.91 Å². The SMILES string of the molecule is CC(C)(C)C[C@@H](CO)C(=O)NCCOCCOCCOCCNC(C)(C)C. The van der Waals surface area contributed by atoms with Gasteiger partial charge in [-0.05, 0) is 32.6 Å². The van der Waals surface area contributed by atoms with E-state index in [1.807, 2.05) is 0 Å². The lowest BCUT2D eigenvalue weighted by molar-refractivity contribution is -0.127. The lowest BCUT2D eigenvalue weighted by Gasteiger charge is -2.23. The highest BCUT2D eigenvalue weighted by Gasteiger charge is 2.23. The summed E-state index contributed by atoms with van der Waals surface area (Å²) >= 11 is 0. The van der Waals surface area contributed by atoms with Crippen LogP contribution < -0.4 is 10.6 Å². The molecule has 0 bridgehead atoms. The first kappa shape index (κ1) is 26.3. The maximum absolute atomic E-state index is 12.0. The molecule has 0 spiro atoms. The maximum Gasteiger partial charge on any atom is 0.225 e. The van der Waals surface area contributed by atoms with Gasteiger partial charge in [0.1, 0.15) is 0 Å². The van der Waals surface area contributed by atoms with E-state index in [-0.39, 0.29) is 29.4 Å². The van der Waals surface area contributed by atoms with Gasteiger partial charge >= 0.3 is 0 Å². The van der Waals surface area contributed by atoms with Gasteiger partial charge in [0.25, 0.3) is 0 Å². The Kier molecular flexibility index (Phi) is 13.9. The predicted molar refractivity (Wildman–Crippen MR) is 108 cm³/mol. The number of hydrogen-bond acceptors (Lipinski definition) is 6. The third-order valence-corrected chi connectivity index (χ3v) is 3.64. The minimum atomic E-state index is -0.369. The van der Waals surface area contributed by atoms with Crippen molar-refractivity contribution in [3.05, 3.63) is 0 Å². The normalized spacial score (nSPS) is 13.6. The molecule has 0 saturated heterocycles. The van der Waals surface area contributed by atoms with Crippen LogP contribution in [0.25, 0.3) is 0 Å². The number of nitrogens with one attached hydrogen (secondary N) is 2. The molecule has 0 saturated carbocycles. The number of aliphatic hydroxyl groups is 1. The van der Waals surface area contributed by atoms with Crippen molar-refractivity contribution < 1.29 is 24.1 Å². The summed E-state index contributed by atoms with van der Waals surface area (Å²) in [5.41, 5.74) is 0.119. The number of carbonyl (C=O) groups is 1. The van der Waals surface area contributed by atoms with Crippen LogP contribution in [-0.2, 0) is 19.0 Å². The van der Waals surface area contributed by atoms with E-state index < -0.39 is 0 Å². The summed E-state index contributed by atoms with van der Waals surface area (Å²) in [4.78, 5) is 12.0. The van der Waals surface area contributed by atoms with E-state index in [9.17, 15) is 9.90 Å². The smallest absolute Gasteiger partial charge is 0.225 e. The van der Waals surface area contributed by atoms with Gasteiger partial charge < -0.3 is 30.0 Å². The van der Waals surface area contributed by atoms with Crippen LogP contribution in [0, 0.1) is 11.3 Å². The van der Waals surface area contributed by atoms with Crippen molar-refractivity contribution in [2.75, 3.05) is 59.3 Å². The molecule has 0 aromatic rings. The molecule has 27 heavy (non-hydrogen) atoms. The van der Waals surface area contributed by atoms with Gasteiger partial charge in [0, 0.05) is 18.6 Å². The molecule has 0 fully saturated rings. The Labute approximate surface area is 165 Å². The zero-order chi connectivity index (χ0) is 20.8. The van der Waals surface area contributed by atoms with Crippen LogP contribution in [0.4, 0.5) is 0 Å². The van der Waals surface area contributed by atoms with Crippen molar-refractivity contribution in [2.24, 2.45) is 11.3 Å². The van der Waals surface area contributed by atoms with Crippen LogP contribution in [0.15, 0.2) is 0 Å². The second kappa shape index (κ2) is 14.3. The van der Waals surface area contributed by atoms with E-state index in [0.29, 0.717) is 52.6 Å². The zero-order valence-electron chi connectivity index (χ0n) is 18.2. The first-order valence-corrected chi connectivity index (χ1v) is 9.92. The predicted octanol–water partition coefficient (Wildman–Crippen LogP) is 1.59. The minimum absolute atomic E-state index is 0.00535. The van der Waals surface area contributed by atoms with Crippen molar-refractivity contribution in [1.82, 2.24) is 10.6 Å². The molecule has 0 aliphatic carbocycles. The number of aliphatic hydroxyl groups excluding tert-OH is 1. The highest BCUT2D eigenvalue weighted by molar-refractivity contribution is 5.78. The fourth-order valence-corrected chi connectivity index (χ4v) is 2.41. The Balaban J connectivity index is 3.46. The van der Waals surface area contributed by atoms with Crippen molar-refractivity contribution >= 4 is 5.91 Å². The molecule has 0 unspecified atom stereocenters. The standard InChI is InChI=1S/C20H42N2O5/c1-19(2,3)15-17(16-23)18(24)21-7-9-25-11-13-27-14-12-26-10-8-22-20(4,5)6/h17,22-23H,7-16H2,1-6H3,(H,21,24)/t17-/m0/s1. The average Bonchev–Trinajstić information content (AvgIpc) is 2.54. The Bertz CT molecular complexity index is 378. The van der Waals surface area contributed by atoms with Gasteiger partial charge in [0.05, 0.1) is 52.2 Å². The highest BCUT2D eigenvalue weighted by atomic mass is 16.5. The highest BCUT2D eigenvalue weighted by Crippen LogP contribution is 2.24. The lowest BCUT2D eigenvalue weighted by atomic mass is 9.84. The molecule has 7 heteroatoms. The van der Waals surface area contributed by atoms with Gasteiger partial charge in [0.15, 0.2) is 0 Å². The molecule has 1 atom stereocenters. The molecule has 1 amide bonds. The molecule has 0 aliphatic heterocycles. The molecular weight excluding hydrogens is 348 g/mol. The molecule has 0 aliphatic rings. The first-order valence-electron chi connectivity index (χ1n) is 9.92. The quantitative estimate of drug-likeness (QED) is 0.368. The topological polar surface area (TPSA) is 89.1 Å². The van der Waals surface area contributed by atoms with Crippen LogP contribution in [0.3, 0.4) is 0 Å². The largest absolute Gasteiger partial charge is 0.396 e. The third kappa shape index (κ3) is 18.4. The molecule has 3 N–H and O–H groups in total. The van der Waals surface area contributed by atoms with Crippen molar-refractivity contribution in [2.45, 2.75) is 53.5 Å². The van der Waals surface area contributed by atoms with Crippen molar-refractivity contribution in [1.29, 1.82) is 0 Å². The Morgan fingerprint density at radius 2 is 1.33 bits per heavy atom. The van der Waals surface area contributed by atoms with Gasteiger partial charge in [-0.3, -0.25) is 4.79 Å². The second-order valence-electron chi connectivity index (χ2n) is 8.95. The van der Waals surface area contributed by atoms with E-state index in [1.165, 1.54) is 0 Å². The molecule has 0 aromatic carbocycles. The number of hydrogen-bond donors (Lipinski definition) is 3. The van der Waals surface area contributed by atoms with E-state index in [0.717, 1.165) is 6.54 Å². The van der Waals surface area contributed by atoms with Gasteiger partial charge in [-0.1, -0.05) is 20.8 Å². The molecule has 0 rings (SSSR count). The summed E-state index contributed by atoms with van der Waals surface area (Å²) < 4.78 is 16.3. The monoisotopic (exact) mass is 390 g/mol. The number of ether oxygens (including phenoxy) is 3. The molecule has 162 valence electrons. The van der Waals surface area contributed by atoms with Gasteiger partial charge in [-0.15, -0.1) is 0 Å². The van der Waals surface area contributed by atoms with E-state index in [2.05, 4.69) is 52.2 Å². The zero-order valence-corrected chi connectivity index (χ0v) is 18.2. The van der Waals surface area contributed by atoms with Crippen LogP contribution in [-0.4, -0.2) is 75.9 Å². The van der Waals surface area contributed by atoms with Crippen molar-refractivity contribution in [3.63, 3.8) is 0 Å². The summed E-state index contributed by atoms with van der Waals surface area (Å²) in [6.07, 6.45) is 0.651. The van der Waals surface area contributed by atoms with E-state index in [1.54, 1.807) is 0 Å². The number of carbonyl (C=O) groups excluding carboxylic acids is 1. The van der Waals surface area contributed by atoms with Gasteiger partial charge in [-0.2, -0.15) is 0 Å². The van der Waals surface area contributed by atoms with Crippen molar-refractivity contribution in [3.8, 4) is 0 Å². The van der Waals surface area contributed by atoms with Crippen LogP contribution >= 0.6 is 0 Å². The van der Waals surface area contributed by atoms with Crippen LogP contribution in [0.5, 0.6) is 0 Å². The first-order chi connectivity index (χ1) is 12.5. The number of amides is 1. The van der Waals surface area contributed by atoms with Crippen LogP contribution in [0.1, 0.15) is 48.0 Å². The lowest BCUT2D eigenvalue weighted by Crippen LogP contribution is -2.38. The third-order valence-electron chi connectivity index (χ3n) is 3.64. The summed E-state index contributed by atoms with van der Waals surface area (Å²) in [5, 5.41) is 15.5. The fourth-order valence-electron chi connectivity index (χ4n) is 2.41. The minimum Gasteiger partial charge on any atom is -0.396 e. The summed E-state index contributed by atoms with van der Waals surface area (Å²) in [6.45, 7) is 16.8. The van der Waals surface area contributed by atoms with Crippen LogP contribution in [0.2, 0.25) is 0 Å². The Morgan fingerprint density at radius 1 is 0.852 bits per heavy atom. The molecule has 0 aromatic heterocycles. The maximum atomic E-state index is 12.0. The summed E-state index contributed by atoms with van der Waals surface area (Å²) in [7, 11) is 0. The fraction of sp³-hybridized carbons (Fsp3) is 0.950.